The van der Waals surface area contributed by atoms with Crippen molar-refractivity contribution < 1.29 is 4.42 Å². The number of fused-ring (bicyclic) bond motifs is 2. The molecule has 0 saturated heterocycles. The lowest BCUT2D eigenvalue weighted by atomic mass is 10.0. The van der Waals surface area contributed by atoms with E-state index in [9.17, 15) is 4.79 Å². The maximum Gasteiger partial charge on any atom is 0.316 e. The second kappa shape index (κ2) is 4.78. The van der Waals surface area contributed by atoms with E-state index >= 15 is 0 Å². The lowest BCUT2D eigenvalue weighted by Gasteiger charge is -2.10. The van der Waals surface area contributed by atoms with Crippen LogP contribution in [0.5, 0.6) is 0 Å². The summed E-state index contributed by atoms with van der Waals surface area (Å²) in [5.74, 6) is 0.505. The molecule has 0 radical (unpaired) electrons. The summed E-state index contributed by atoms with van der Waals surface area (Å²) in [6.07, 6.45) is 3.10. The molecule has 1 aromatic carbocycles. The van der Waals surface area contributed by atoms with Crippen molar-refractivity contribution in [2.75, 3.05) is 0 Å². The van der Waals surface area contributed by atoms with Gasteiger partial charge < -0.3 is 4.42 Å². The third kappa shape index (κ3) is 2.04. The van der Waals surface area contributed by atoms with Crippen LogP contribution in [-0.4, -0.2) is 14.8 Å². The first-order valence-electron chi connectivity index (χ1n) is 7.39. The molecule has 0 spiro atoms. The summed E-state index contributed by atoms with van der Waals surface area (Å²) >= 11 is 0. The highest BCUT2D eigenvalue weighted by Crippen LogP contribution is 2.23. The molecule has 0 atom stereocenters. The molecule has 0 unspecified atom stereocenters. The van der Waals surface area contributed by atoms with E-state index in [1.165, 1.54) is 16.5 Å². The first kappa shape index (κ1) is 13.7. The minimum absolute atomic E-state index is 0.292. The van der Waals surface area contributed by atoms with Crippen LogP contribution in [0.25, 0.3) is 27.7 Å². The molecule has 0 amide bonds. The molecule has 0 aliphatic carbocycles. The summed E-state index contributed by atoms with van der Waals surface area (Å²) in [5, 5.41) is 6.01. The van der Waals surface area contributed by atoms with Gasteiger partial charge in [-0.2, -0.15) is 9.78 Å². The number of hydrogen-bond acceptors (Lipinski definition) is 4. The molecular formula is C18H15N3O2. The first-order chi connectivity index (χ1) is 11.0. The van der Waals surface area contributed by atoms with Crippen molar-refractivity contribution in [3.8, 4) is 5.82 Å². The summed E-state index contributed by atoms with van der Waals surface area (Å²) in [6.45, 7) is 6.11. The highest BCUT2D eigenvalue weighted by atomic mass is 16.3. The molecular weight excluding hydrogens is 290 g/mol. The lowest BCUT2D eigenvalue weighted by Crippen LogP contribution is -2.21. The molecule has 3 aromatic heterocycles. The van der Waals surface area contributed by atoms with Crippen LogP contribution in [0.2, 0.25) is 0 Å². The average molecular weight is 305 g/mol. The van der Waals surface area contributed by atoms with E-state index in [0.717, 1.165) is 22.0 Å². The Bertz CT molecular complexity index is 1120. The van der Waals surface area contributed by atoms with Crippen molar-refractivity contribution in [1.82, 2.24) is 14.8 Å². The zero-order chi connectivity index (χ0) is 16.1. The third-order valence-electron chi connectivity index (χ3n) is 4.05. The van der Waals surface area contributed by atoms with Crippen molar-refractivity contribution in [3.63, 3.8) is 0 Å². The number of hydrogen-bond donors (Lipinski definition) is 0. The van der Waals surface area contributed by atoms with Crippen LogP contribution in [0, 0.1) is 20.8 Å². The number of nitrogens with zero attached hydrogens (tertiary/aromatic N) is 3. The number of aromatic nitrogens is 3. The normalized spacial score (nSPS) is 11.4. The van der Waals surface area contributed by atoms with Gasteiger partial charge in [0.25, 0.3) is 0 Å². The highest BCUT2D eigenvalue weighted by molar-refractivity contribution is 5.86. The molecule has 114 valence electrons. The molecule has 3 heterocycles. The fraction of sp³-hybridized carbons (Fsp3) is 0.167. The predicted octanol–water partition coefficient (Wildman–Crippen LogP) is 3.45. The van der Waals surface area contributed by atoms with Gasteiger partial charge in [-0.3, -0.25) is 4.79 Å². The van der Waals surface area contributed by atoms with Gasteiger partial charge in [0.2, 0.25) is 5.58 Å². The fourth-order valence-corrected chi connectivity index (χ4v) is 2.96. The van der Waals surface area contributed by atoms with E-state index in [2.05, 4.69) is 29.1 Å². The summed E-state index contributed by atoms with van der Waals surface area (Å²) in [6, 6.07) is 7.80. The smallest absolute Gasteiger partial charge is 0.316 e. The molecule has 0 N–H and O–H groups in total. The Labute approximate surface area is 132 Å². The number of furan rings is 1. The van der Waals surface area contributed by atoms with E-state index in [0.29, 0.717) is 16.8 Å². The Morgan fingerprint density at radius 1 is 1.09 bits per heavy atom. The van der Waals surface area contributed by atoms with Gasteiger partial charge in [0.15, 0.2) is 5.82 Å². The van der Waals surface area contributed by atoms with Crippen molar-refractivity contribution in [2.45, 2.75) is 20.8 Å². The minimum Gasteiger partial charge on any atom is -0.458 e. The van der Waals surface area contributed by atoms with Crippen LogP contribution in [0.15, 0.2) is 45.9 Å². The maximum absolute atomic E-state index is 12.5. The Kier molecular flexibility index (Phi) is 2.84. The summed E-state index contributed by atoms with van der Waals surface area (Å²) in [7, 11) is 0. The van der Waals surface area contributed by atoms with Gasteiger partial charge in [0.1, 0.15) is 0 Å². The summed E-state index contributed by atoms with van der Waals surface area (Å²) in [5.41, 5.74) is 4.21. The van der Waals surface area contributed by atoms with Crippen molar-refractivity contribution in [1.29, 1.82) is 0 Å². The lowest BCUT2D eigenvalue weighted by molar-refractivity contribution is 0.603. The Morgan fingerprint density at radius 3 is 2.74 bits per heavy atom. The van der Waals surface area contributed by atoms with Crippen molar-refractivity contribution in [2.24, 2.45) is 0 Å². The van der Waals surface area contributed by atoms with Crippen LogP contribution in [0.3, 0.4) is 0 Å². The van der Waals surface area contributed by atoms with E-state index in [1.807, 2.05) is 19.9 Å². The fourth-order valence-electron chi connectivity index (χ4n) is 2.96. The van der Waals surface area contributed by atoms with E-state index in [1.54, 1.807) is 12.3 Å². The first-order valence-corrected chi connectivity index (χ1v) is 7.39. The second-order valence-electron chi connectivity index (χ2n) is 5.84. The summed E-state index contributed by atoms with van der Waals surface area (Å²) < 4.78 is 6.56. The Morgan fingerprint density at radius 2 is 1.91 bits per heavy atom. The van der Waals surface area contributed by atoms with Gasteiger partial charge in [0, 0.05) is 10.8 Å². The molecule has 0 aliphatic heterocycles. The molecule has 0 fully saturated rings. The van der Waals surface area contributed by atoms with Gasteiger partial charge in [-0.25, -0.2) is 4.98 Å². The van der Waals surface area contributed by atoms with E-state index in [4.69, 9.17) is 4.42 Å². The molecule has 0 bridgehead atoms. The number of pyridine rings is 1. The van der Waals surface area contributed by atoms with Crippen LogP contribution in [0.1, 0.15) is 16.7 Å². The molecule has 4 rings (SSSR count). The van der Waals surface area contributed by atoms with Crippen LogP contribution in [0.4, 0.5) is 0 Å². The van der Waals surface area contributed by atoms with E-state index < -0.39 is 0 Å². The van der Waals surface area contributed by atoms with Crippen molar-refractivity contribution in [3.05, 3.63) is 63.8 Å². The van der Waals surface area contributed by atoms with Crippen LogP contribution < -0.4 is 5.56 Å². The van der Waals surface area contributed by atoms with Gasteiger partial charge in [-0.15, -0.1) is 0 Å². The zero-order valence-electron chi connectivity index (χ0n) is 13.1. The molecule has 0 aliphatic rings. The topological polar surface area (TPSA) is 60.9 Å². The monoisotopic (exact) mass is 305 g/mol. The number of benzene rings is 1. The van der Waals surface area contributed by atoms with E-state index in [-0.39, 0.29) is 5.56 Å². The predicted molar refractivity (Wildman–Crippen MR) is 89.1 cm³/mol. The van der Waals surface area contributed by atoms with Crippen molar-refractivity contribution >= 4 is 21.9 Å². The Balaban J connectivity index is 2.05. The molecule has 5 nitrogen and oxygen atoms in total. The molecule has 0 saturated carbocycles. The van der Waals surface area contributed by atoms with Crippen LogP contribution >= 0.6 is 0 Å². The molecule has 23 heavy (non-hydrogen) atoms. The maximum atomic E-state index is 12.5. The quantitative estimate of drug-likeness (QED) is 0.540. The SMILES string of the molecule is Cc1cc(C)c2nc(-n3ncc4ccoc4c3=O)cc(C)c2c1. The second-order valence-corrected chi connectivity index (χ2v) is 5.84. The zero-order valence-corrected chi connectivity index (χ0v) is 13.1. The summed E-state index contributed by atoms with van der Waals surface area (Å²) in [4.78, 5) is 17.2. The van der Waals surface area contributed by atoms with Gasteiger partial charge in [0.05, 0.1) is 18.0 Å². The van der Waals surface area contributed by atoms with Gasteiger partial charge in [-0.1, -0.05) is 11.6 Å². The average Bonchev–Trinajstić information content (AvgIpc) is 2.98. The highest BCUT2D eigenvalue weighted by Gasteiger charge is 2.12. The third-order valence-corrected chi connectivity index (χ3v) is 4.05. The standard InChI is InChI=1S/C18H15N3O2/c1-10-6-12(3)16-14(7-10)11(2)8-15(20-16)21-18(22)17-13(9-19-21)4-5-23-17/h4-9H,1-3H3. The van der Waals surface area contributed by atoms with Gasteiger partial charge >= 0.3 is 5.56 Å². The van der Waals surface area contributed by atoms with Crippen LogP contribution in [-0.2, 0) is 0 Å². The minimum atomic E-state index is -0.302. The molecule has 4 aromatic rings. The largest absolute Gasteiger partial charge is 0.458 e. The van der Waals surface area contributed by atoms with Gasteiger partial charge in [-0.05, 0) is 50.1 Å². The molecule has 5 heteroatoms. The number of rotatable bonds is 1. The Hall–Kier alpha value is -2.95. The number of aryl methyl sites for hydroxylation is 3.